The first-order chi connectivity index (χ1) is 19.5. The van der Waals surface area contributed by atoms with E-state index in [0.29, 0.717) is 12.3 Å². The van der Waals surface area contributed by atoms with E-state index in [1.807, 2.05) is 68.4 Å². The highest BCUT2D eigenvalue weighted by Gasteiger charge is 2.33. The third kappa shape index (κ3) is 9.33. The van der Waals surface area contributed by atoms with Crippen LogP contribution in [0.25, 0.3) is 0 Å². The molecule has 0 saturated carbocycles. The molecule has 8 nitrogen and oxygen atoms in total. The van der Waals surface area contributed by atoms with Crippen LogP contribution in [0.4, 0.5) is 5.69 Å². The quantitative estimate of drug-likeness (QED) is 0.247. The van der Waals surface area contributed by atoms with Crippen LogP contribution in [0.2, 0.25) is 0 Å². The molecule has 3 aromatic carbocycles. The molecule has 0 aliphatic carbocycles. The molecular formula is C31H38BrN3O5S. The number of rotatable bonds is 14. The molecule has 3 aromatic rings. The van der Waals surface area contributed by atoms with Gasteiger partial charge in [0.25, 0.3) is 0 Å². The molecule has 10 heteroatoms. The molecule has 1 N–H and O–H groups in total. The number of hydrogen-bond acceptors (Lipinski definition) is 5. The van der Waals surface area contributed by atoms with E-state index in [0.717, 1.165) is 44.6 Å². The van der Waals surface area contributed by atoms with Crippen LogP contribution in [0.1, 0.15) is 36.5 Å². The first kappa shape index (κ1) is 32.1. The summed E-state index contributed by atoms with van der Waals surface area (Å²) < 4.78 is 33.5. The molecule has 0 bridgehead atoms. The fourth-order valence-corrected chi connectivity index (χ4v) is 5.55. The smallest absolute Gasteiger partial charge is 0.244 e. The Morgan fingerprint density at radius 2 is 1.68 bits per heavy atom. The average Bonchev–Trinajstić information content (AvgIpc) is 2.94. The number of benzene rings is 3. The number of nitrogens with one attached hydrogen (secondary N) is 1. The van der Waals surface area contributed by atoms with Crippen molar-refractivity contribution in [2.24, 2.45) is 0 Å². The minimum Gasteiger partial charge on any atom is -0.495 e. The van der Waals surface area contributed by atoms with Gasteiger partial charge in [-0.25, -0.2) is 8.42 Å². The van der Waals surface area contributed by atoms with E-state index in [9.17, 15) is 18.0 Å². The SMILES string of the molecule is CCCCNC(=O)[C@@H](Cc1ccccc1)N(Cc1ccc(Br)cc1)C(=O)CN(c1cc(C)ccc1OC)S(C)(=O)=O. The molecule has 0 aromatic heterocycles. The van der Waals surface area contributed by atoms with Crippen molar-refractivity contribution in [2.75, 3.05) is 30.8 Å². The summed E-state index contributed by atoms with van der Waals surface area (Å²) in [6, 6.07) is 21.2. The Bertz CT molecular complexity index is 1420. The van der Waals surface area contributed by atoms with Crippen molar-refractivity contribution in [3.05, 3.63) is 94.0 Å². The van der Waals surface area contributed by atoms with Gasteiger partial charge in [-0.2, -0.15) is 0 Å². The zero-order valence-electron chi connectivity index (χ0n) is 24.0. The predicted molar refractivity (Wildman–Crippen MR) is 166 cm³/mol. The lowest BCUT2D eigenvalue weighted by Crippen LogP contribution is -2.53. The van der Waals surface area contributed by atoms with Gasteiger partial charge in [0, 0.05) is 24.0 Å². The molecule has 0 fully saturated rings. The van der Waals surface area contributed by atoms with Crippen molar-refractivity contribution in [1.82, 2.24) is 10.2 Å². The van der Waals surface area contributed by atoms with E-state index in [-0.39, 0.29) is 24.6 Å². The van der Waals surface area contributed by atoms with Gasteiger partial charge in [0.05, 0.1) is 19.1 Å². The standard InChI is InChI=1S/C31H38BrN3O5S/c1-5-6-18-33-31(37)28(20-24-10-8-7-9-11-24)34(21-25-13-15-26(32)16-14-25)30(36)22-35(41(4,38)39)27-19-23(2)12-17-29(27)40-3/h7-17,19,28H,5-6,18,20-22H2,1-4H3,(H,33,37)/t28-/m1/s1. The largest absolute Gasteiger partial charge is 0.495 e. The number of methoxy groups -OCH3 is 1. The van der Waals surface area contributed by atoms with Gasteiger partial charge in [-0.15, -0.1) is 0 Å². The number of amides is 2. The van der Waals surface area contributed by atoms with Crippen LogP contribution in [0.15, 0.2) is 77.3 Å². The maximum Gasteiger partial charge on any atom is 0.244 e. The summed E-state index contributed by atoms with van der Waals surface area (Å²) in [4.78, 5) is 29.3. The van der Waals surface area contributed by atoms with Gasteiger partial charge >= 0.3 is 0 Å². The summed E-state index contributed by atoms with van der Waals surface area (Å²) in [5, 5.41) is 2.98. The predicted octanol–water partition coefficient (Wildman–Crippen LogP) is 5.09. The molecule has 0 heterocycles. The minimum absolute atomic E-state index is 0.118. The minimum atomic E-state index is -3.90. The number of ether oxygens (including phenoxy) is 1. The van der Waals surface area contributed by atoms with Crippen molar-refractivity contribution in [3.8, 4) is 5.75 Å². The lowest BCUT2D eigenvalue weighted by Gasteiger charge is -2.33. The van der Waals surface area contributed by atoms with E-state index in [1.165, 1.54) is 12.0 Å². The summed E-state index contributed by atoms with van der Waals surface area (Å²) >= 11 is 3.44. The average molecular weight is 645 g/mol. The third-order valence-electron chi connectivity index (χ3n) is 6.65. The Kier molecular flexibility index (Phi) is 11.8. The number of unbranched alkanes of at least 4 members (excludes halogenated alkanes) is 1. The first-order valence-electron chi connectivity index (χ1n) is 13.5. The second kappa shape index (κ2) is 15.0. The van der Waals surface area contributed by atoms with E-state index >= 15 is 0 Å². The number of sulfonamides is 1. The van der Waals surface area contributed by atoms with E-state index in [1.54, 1.807) is 18.2 Å². The second-order valence-corrected chi connectivity index (χ2v) is 12.8. The molecule has 0 spiro atoms. The molecular weight excluding hydrogens is 606 g/mol. The van der Waals surface area contributed by atoms with Crippen molar-refractivity contribution in [2.45, 2.75) is 45.7 Å². The molecule has 0 saturated heterocycles. The van der Waals surface area contributed by atoms with Gasteiger partial charge < -0.3 is 15.0 Å². The summed E-state index contributed by atoms with van der Waals surface area (Å²) in [6.07, 6.45) is 3.04. The van der Waals surface area contributed by atoms with Crippen molar-refractivity contribution in [3.63, 3.8) is 0 Å². The summed E-state index contributed by atoms with van der Waals surface area (Å²) in [7, 11) is -2.45. The maximum absolute atomic E-state index is 14.2. The Hall–Kier alpha value is -3.37. The maximum atomic E-state index is 14.2. The number of aryl methyl sites for hydroxylation is 1. The molecule has 3 rings (SSSR count). The Labute approximate surface area is 251 Å². The Morgan fingerprint density at radius 3 is 2.29 bits per heavy atom. The fourth-order valence-electron chi connectivity index (χ4n) is 4.44. The van der Waals surface area contributed by atoms with Crippen molar-refractivity contribution >= 4 is 43.5 Å². The second-order valence-electron chi connectivity index (χ2n) is 9.94. The lowest BCUT2D eigenvalue weighted by atomic mass is 10.0. The normalized spacial score (nSPS) is 11.9. The van der Waals surface area contributed by atoms with Gasteiger partial charge in [0.2, 0.25) is 21.8 Å². The number of carbonyl (C=O) groups is 2. The summed E-state index contributed by atoms with van der Waals surface area (Å²) in [6.45, 7) is 3.98. The van der Waals surface area contributed by atoms with Crippen molar-refractivity contribution < 1.29 is 22.7 Å². The number of carbonyl (C=O) groups excluding carboxylic acids is 2. The van der Waals surface area contributed by atoms with E-state index in [4.69, 9.17) is 4.74 Å². The van der Waals surface area contributed by atoms with Crippen molar-refractivity contribution in [1.29, 1.82) is 0 Å². The van der Waals surface area contributed by atoms with E-state index < -0.39 is 28.5 Å². The highest BCUT2D eigenvalue weighted by atomic mass is 79.9. The number of nitrogens with zero attached hydrogens (tertiary/aromatic N) is 2. The Balaban J connectivity index is 2.07. The topological polar surface area (TPSA) is 96.0 Å². The monoisotopic (exact) mass is 643 g/mol. The molecule has 41 heavy (non-hydrogen) atoms. The van der Waals surface area contributed by atoms with Crippen LogP contribution in [0.5, 0.6) is 5.75 Å². The van der Waals surface area contributed by atoms with Gasteiger partial charge in [-0.05, 0) is 54.3 Å². The van der Waals surface area contributed by atoms with Crippen LogP contribution in [0, 0.1) is 6.92 Å². The van der Waals surface area contributed by atoms with Crippen LogP contribution < -0.4 is 14.4 Å². The number of halogens is 1. The number of anilines is 1. The molecule has 0 aliphatic heterocycles. The van der Waals surface area contributed by atoms with Crippen LogP contribution in [0.3, 0.4) is 0 Å². The lowest BCUT2D eigenvalue weighted by molar-refractivity contribution is -0.140. The van der Waals surface area contributed by atoms with Crippen LogP contribution in [-0.2, 0) is 32.6 Å². The molecule has 0 unspecified atom stereocenters. The zero-order chi connectivity index (χ0) is 30.0. The summed E-state index contributed by atoms with van der Waals surface area (Å²) in [5.41, 5.74) is 2.77. The number of hydrogen-bond donors (Lipinski definition) is 1. The van der Waals surface area contributed by atoms with Crippen LogP contribution in [-0.4, -0.2) is 57.6 Å². The summed E-state index contributed by atoms with van der Waals surface area (Å²) in [5.74, 6) is -0.466. The van der Waals surface area contributed by atoms with Gasteiger partial charge in [0.15, 0.2) is 0 Å². The van der Waals surface area contributed by atoms with Gasteiger partial charge in [-0.3, -0.25) is 13.9 Å². The molecule has 0 aliphatic rings. The highest BCUT2D eigenvalue weighted by Crippen LogP contribution is 2.31. The van der Waals surface area contributed by atoms with E-state index in [2.05, 4.69) is 21.2 Å². The molecule has 0 radical (unpaired) electrons. The highest BCUT2D eigenvalue weighted by molar-refractivity contribution is 9.10. The Morgan fingerprint density at radius 1 is 1.00 bits per heavy atom. The molecule has 1 atom stereocenters. The van der Waals surface area contributed by atoms with Crippen LogP contribution >= 0.6 is 15.9 Å². The zero-order valence-corrected chi connectivity index (χ0v) is 26.4. The van der Waals surface area contributed by atoms with Gasteiger partial charge in [0.1, 0.15) is 18.3 Å². The molecule has 2 amide bonds. The van der Waals surface area contributed by atoms with Gasteiger partial charge in [-0.1, -0.05) is 77.8 Å². The fraction of sp³-hybridized carbons (Fsp3) is 0.355. The molecule has 220 valence electrons. The third-order valence-corrected chi connectivity index (χ3v) is 8.30. The first-order valence-corrected chi connectivity index (χ1v) is 16.2.